The van der Waals surface area contributed by atoms with E-state index in [9.17, 15) is 0 Å². The molecule has 106 valence electrons. The average Bonchev–Trinajstić information content (AvgIpc) is 2.37. The van der Waals surface area contributed by atoms with Gasteiger partial charge >= 0.3 is 0 Å². The van der Waals surface area contributed by atoms with E-state index in [0.717, 1.165) is 29.0 Å². The summed E-state index contributed by atoms with van der Waals surface area (Å²) in [5.41, 5.74) is 1.09. The van der Waals surface area contributed by atoms with E-state index >= 15 is 0 Å². The molecular formula is C16H25NO2. The molecule has 1 aliphatic rings. The number of ether oxygens (including phenoxy) is 2. The lowest BCUT2D eigenvalue weighted by Crippen LogP contribution is -2.30. The Hall–Kier alpha value is -1.38. The molecule has 3 heteroatoms. The van der Waals surface area contributed by atoms with Gasteiger partial charge < -0.3 is 14.8 Å². The minimum atomic E-state index is 0.551. The van der Waals surface area contributed by atoms with E-state index in [1.54, 1.807) is 14.2 Å². The van der Waals surface area contributed by atoms with Gasteiger partial charge in [0.1, 0.15) is 11.5 Å². The van der Waals surface area contributed by atoms with Crippen molar-refractivity contribution in [2.24, 2.45) is 11.8 Å². The molecule has 1 aromatic rings. The summed E-state index contributed by atoms with van der Waals surface area (Å²) in [4.78, 5) is 0. The van der Waals surface area contributed by atoms with Crippen molar-refractivity contribution in [2.45, 2.75) is 39.2 Å². The van der Waals surface area contributed by atoms with Gasteiger partial charge in [0.15, 0.2) is 0 Å². The van der Waals surface area contributed by atoms with E-state index in [4.69, 9.17) is 9.47 Å². The van der Waals surface area contributed by atoms with Gasteiger partial charge in [-0.1, -0.05) is 13.8 Å². The highest BCUT2D eigenvalue weighted by molar-refractivity contribution is 5.54. The zero-order valence-corrected chi connectivity index (χ0v) is 12.4. The lowest BCUT2D eigenvalue weighted by molar-refractivity contribution is 0.280. The van der Waals surface area contributed by atoms with Gasteiger partial charge in [-0.3, -0.25) is 0 Å². The van der Waals surface area contributed by atoms with Gasteiger partial charge in [-0.05, 0) is 31.1 Å². The lowest BCUT2D eigenvalue weighted by Gasteiger charge is -2.32. The largest absolute Gasteiger partial charge is 0.497 e. The van der Waals surface area contributed by atoms with Gasteiger partial charge in [-0.2, -0.15) is 0 Å². The minimum Gasteiger partial charge on any atom is -0.497 e. The molecule has 2 atom stereocenters. The fourth-order valence-electron chi connectivity index (χ4n) is 3.19. The minimum absolute atomic E-state index is 0.551. The topological polar surface area (TPSA) is 30.5 Å². The molecule has 19 heavy (non-hydrogen) atoms. The summed E-state index contributed by atoms with van der Waals surface area (Å²) in [6.45, 7) is 4.69. The number of anilines is 1. The highest BCUT2D eigenvalue weighted by Crippen LogP contribution is 2.32. The number of methoxy groups -OCH3 is 2. The molecule has 2 unspecified atom stereocenters. The predicted octanol–water partition coefficient (Wildman–Crippen LogP) is 3.94. The predicted molar refractivity (Wildman–Crippen MR) is 79.1 cm³/mol. The standard InChI is InChI=1S/C16H25NO2/c1-11-5-12(2)7-13(6-11)17-14-8-15(18-3)10-16(9-14)19-4/h8-13,17H,5-7H2,1-4H3. The molecule has 1 fully saturated rings. The normalized spacial score (nSPS) is 26.8. The molecule has 3 nitrogen and oxygen atoms in total. The Morgan fingerprint density at radius 3 is 1.89 bits per heavy atom. The van der Waals surface area contributed by atoms with Gasteiger partial charge in [-0.25, -0.2) is 0 Å². The lowest BCUT2D eigenvalue weighted by atomic mass is 9.80. The smallest absolute Gasteiger partial charge is 0.124 e. The Morgan fingerprint density at radius 1 is 0.895 bits per heavy atom. The maximum Gasteiger partial charge on any atom is 0.124 e. The number of rotatable bonds is 4. The van der Waals surface area contributed by atoms with Crippen LogP contribution in [0.15, 0.2) is 18.2 Å². The van der Waals surface area contributed by atoms with Crippen molar-refractivity contribution in [1.29, 1.82) is 0 Å². The van der Waals surface area contributed by atoms with E-state index in [0.29, 0.717) is 6.04 Å². The second-order valence-electron chi connectivity index (χ2n) is 5.86. The summed E-state index contributed by atoms with van der Waals surface area (Å²) in [6, 6.07) is 6.52. The maximum atomic E-state index is 5.31. The molecule has 0 saturated heterocycles. The molecule has 0 aromatic heterocycles. The SMILES string of the molecule is COc1cc(NC2CC(C)CC(C)C2)cc(OC)c1. The molecule has 0 spiro atoms. The Morgan fingerprint density at radius 2 is 1.42 bits per heavy atom. The van der Waals surface area contributed by atoms with Crippen molar-refractivity contribution in [1.82, 2.24) is 0 Å². The number of hydrogen-bond acceptors (Lipinski definition) is 3. The first-order chi connectivity index (χ1) is 9.10. The summed E-state index contributed by atoms with van der Waals surface area (Å²) >= 11 is 0. The zero-order valence-electron chi connectivity index (χ0n) is 12.4. The maximum absolute atomic E-state index is 5.31. The van der Waals surface area contributed by atoms with Crippen LogP contribution >= 0.6 is 0 Å². The molecule has 0 bridgehead atoms. The average molecular weight is 263 g/mol. The van der Waals surface area contributed by atoms with Crippen molar-refractivity contribution in [2.75, 3.05) is 19.5 Å². The third kappa shape index (κ3) is 3.79. The van der Waals surface area contributed by atoms with E-state index in [-0.39, 0.29) is 0 Å². The molecule has 2 rings (SSSR count). The van der Waals surface area contributed by atoms with Crippen LogP contribution in [-0.2, 0) is 0 Å². The van der Waals surface area contributed by atoms with Crippen LogP contribution in [0.4, 0.5) is 5.69 Å². The first kappa shape index (κ1) is 14.0. The van der Waals surface area contributed by atoms with Crippen molar-refractivity contribution < 1.29 is 9.47 Å². The first-order valence-corrected chi connectivity index (χ1v) is 7.10. The van der Waals surface area contributed by atoms with Crippen molar-refractivity contribution in [3.05, 3.63) is 18.2 Å². The monoisotopic (exact) mass is 263 g/mol. The van der Waals surface area contributed by atoms with Gasteiger partial charge in [0.05, 0.1) is 14.2 Å². The quantitative estimate of drug-likeness (QED) is 0.892. The Labute approximate surface area is 116 Å². The van der Waals surface area contributed by atoms with Gasteiger partial charge in [0.25, 0.3) is 0 Å². The molecule has 0 radical (unpaired) electrons. The summed E-state index contributed by atoms with van der Waals surface area (Å²) in [6.07, 6.45) is 3.83. The Balaban J connectivity index is 2.09. The number of nitrogens with one attached hydrogen (secondary N) is 1. The van der Waals surface area contributed by atoms with Crippen LogP contribution in [-0.4, -0.2) is 20.3 Å². The van der Waals surface area contributed by atoms with Crippen LogP contribution in [0.1, 0.15) is 33.1 Å². The Bertz CT molecular complexity index is 387. The third-order valence-corrected chi connectivity index (χ3v) is 3.90. The van der Waals surface area contributed by atoms with Crippen LogP contribution in [0.2, 0.25) is 0 Å². The molecule has 0 heterocycles. The zero-order chi connectivity index (χ0) is 13.8. The Kier molecular flexibility index (Phi) is 4.56. The third-order valence-electron chi connectivity index (χ3n) is 3.90. The van der Waals surface area contributed by atoms with Crippen molar-refractivity contribution >= 4 is 5.69 Å². The summed E-state index contributed by atoms with van der Waals surface area (Å²) < 4.78 is 10.6. The molecule has 1 aliphatic carbocycles. The molecule has 0 aliphatic heterocycles. The van der Waals surface area contributed by atoms with E-state index in [2.05, 4.69) is 19.2 Å². The van der Waals surface area contributed by atoms with Crippen LogP contribution < -0.4 is 14.8 Å². The van der Waals surface area contributed by atoms with Gasteiger partial charge in [0, 0.05) is 29.9 Å². The number of hydrogen-bond donors (Lipinski definition) is 1. The second kappa shape index (κ2) is 6.18. The fourth-order valence-corrected chi connectivity index (χ4v) is 3.19. The number of benzene rings is 1. The fraction of sp³-hybridized carbons (Fsp3) is 0.625. The molecule has 1 aromatic carbocycles. The highest BCUT2D eigenvalue weighted by atomic mass is 16.5. The summed E-state index contributed by atoms with van der Waals surface area (Å²) in [5.74, 6) is 3.26. The van der Waals surface area contributed by atoms with Crippen molar-refractivity contribution in [3.63, 3.8) is 0 Å². The molecular weight excluding hydrogens is 238 g/mol. The molecule has 0 amide bonds. The van der Waals surface area contributed by atoms with E-state index < -0.39 is 0 Å². The van der Waals surface area contributed by atoms with Crippen LogP contribution in [0.5, 0.6) is 11.5 Å². The van der Waals surface area contributed by atoms with E-state index in [1.165, 1.54) is 19.3 Å². The summed E-state index contributed by atoms with van der Waals surface area (Å²) in [5, 5.41) is 3.63. The summed E-state index contributed by atoms with van der Waals surface area (Å²) in [7, 11) is 3.37. The van der Waals surface area contributed by atoms with Crippen LogP contribution in [0, 0.1) is 11.8 Å². The van der Waals surface area contributed by atoms with Crippen LogP contribution in [0.3, 0.4) is 0 Å². The van der Waals surface area contributed by atoms with E-state index in [1.807, 2.05) is 18.2 Å². The molecule has 1 saturated carbocycles. The molecule has 1 N–H and O–H groups in total. The van der Waals surface area contributed by atoms with Gasteiger partial charge in [0.2, 0.25) is 0 Å². The first-order valence-electron chi connectivity index (χ1n) is 7.10. The highest BCUT2D eigenvalue weighted by Gasteiger charge is 2.23. The van der Waals surface area contributed by atoms with Crippen molar-refractivity contribution in [3.8, 4) is 11.5 Å². The van der Waals surface area contributed by atoms with Crippen LogP contribution in [0.25, 0.3) is 0 Å². The van der Waals surface area contributed by atoms with Gasteiger partial charge in [-0.15, -0.1) is 0 Å². The second-order valence-corrected chi connectivity index (χ2v) is 5.86.